The van der Waals surface area contributed by atoms with Gasteiger partial charge in [0.25, 0.3) is 0 Å². The van der Waals surface area contributed by atoms with E-state index in [-0.39, 0.29) is 5.56 Å². The number of halogens is 8. The molecule has 0 bridgehead atoms. The molecule has 0 aliphatic carbocycles. The highest BCUT2D eigenvalue weighted by atomic mass is 32.2. The maximum atomic E-state index is 14.9. The van der Waals surface area contributed by atoms with Crippen molar-refractivity contribution in [3.8, 4) is 22.7 Å². The molecule has 2 aromatic carbocycles. The molecular weight excluding hydrogens is 552 g/mol. The molecule has 0 spiro atoms. The molecule has 0 aliphatic heterocycles. The lowest BCUT2D eigenvalue weighted by Crippen LogP contribution is -2.28. The summed E-state index contributed by atoms with van der Waals surface area (Å²) >= 11 is 0. The monoisotopic (exact) mass is 564 g/mol. The fraction of sp³-hybridized carbons (Fsp3) is 0.211. The third kappa shape index (κ3) is 5.16. The lowest BCUT2D eigenvalue weighted by molar-refractivity contribution is -0.143. The van der Waals surface area contributed by atoms with Crippen LogP contribution in [0.5, 0.6) is 5.75 Å². The molecule has 0 fully saturated rings. The molecular formula is C19H12F8N2O5S2. The van der Waals surface area contributed by atoms with Gasteiger partial charge in [0.15, 0.2) is 15.7 Å². The molecule has 1 aromatic heterocycles. The minimum Gasteiger partial charge on any atom is -0.376 e. The maximum Gasteiger partial charge on any atom is 0.534 e. The van der Waals surface area contributed by atoms with E-state index >= 15 is 0 Å². The summed E-state index contributed by atoms with van der Waals surface area (Å²) in [6.45, 7) is 1.04. The van der Waals surface area contributed by atoms with Gasteiger partial charge in [0.05, 0.1) is 5.69 Å². The number of hydrogen-bond donors (Lipinski definition) is 0. The van der Waals surface area contributed by atoms with E-state index in [1.165, 1.54) is 0 Å². The number of aromatic nitrogens is 2. The SMILES string of the molecule is Cc1cc(-c2c(F)c(C(F)(F)F)nn2-c2ccc(S(C)(=O)=O)c(F)c2)ccc1OS(=O)(=O)C(F)(F)F. The molecule has 0 atom stereocenters. The van der Waals surface area contributed by atoms with E-state index < -0.39 is 76.6 Å². The van der Waals surface area contributed by atoms with Gasteiger partial charge in [-0.25, -0.2) is 21.9 Å². The Bertz CT molecular complexity index is 1560. The second kappa shape index (κ2) is 8.72. The van der Waals surface area contributed by atoms with Crippen LogP contribution in [0.1, 0.15) is 11.3 Å². The molecule has 36 heavy (non-hydrogen) atoms. The first kappa shape index (κ1) is 27.4. The number of benzene rings is 2. The summed E-state index contributed by atoms with van der Waals surface area (Å²) in [5.74, 6) is -4.16. The first-order valence-corrected chi connectivity index (χ1v) is 12.5. The van der Waals surface area contributed by atoms with E-state index in [2.05, 4.69) is 9.28 Å². The maximum absolute atomic E-state index is 14.9. The topological polar surface area (TPSA) is 95.3 Å². The number of aryl methyl sites for hydroxylation is 1. The van der Waals surface area contributed by atoms with Crippen LogP contribution in [0, 0.1) is 18.6 Å². The minimum absolute atomic E-state index is 0.315. The van der Waals surface area contributed by atoms with E-state index in [0.29, 0.717) is 23.1 Å². The van der Waals surface area contributed by atoms with Crippen LogP contribution in [0.4, 0.5) is 35.1 Å². The van der Waals surface area contributed by atoms with Gasteiger partial charge in [-0.15, -0.1) is 0 Å². The van der Waals surface area contributed by atoms with Crippen LogP contribution in [-0.4, -0.2) is 38.4 Å². The van der Waals surface area contributed by atoms with Crippen molar-refractivity contribution in [2.24, 2.45) is 0 Å². The zero-order valence-electron chi connectivity index (χ0n) is 17.7. The van der Waals surface area contributed by atoms with Gasteiger partial charge in [-0.05, 0) is 42.8 Å². The Hall–Kier alpha value is -3.21. The molecule has 17 heteroatoms. The van der Waals surface area contributed by atoms with Crippen molar-refractivity contribution in [1.82, 2.24) is 9.78 Å². The van der Waals surface area contributed by atoms with Gasteiger partial charge < -0.3 is 4.18 Å². The van der Waals surface area contributed by atoms with Crippen LogP contribution >= 0.6 is 0 Å². The number of rotatable bonds is 5. The van der Waals surface area contributed by atoms with Crippen LogP contribution in [0.15, 0.2) is 41.3 Å². The molecule has 7 nitrogen and oxygen atoms in total. The highest BCUT2D eigenvalue weighted by molar-refractivity contribution is 7.90. The summed E-state index contributed by atoms with van der Waals surface area (Å²) in [5.41, 5.74) is -10.0. The summed E-state index contributed by atoms with van der Waals surface area (Å²) in [4.78, 5) is -0.792. The molecule has 0 amide bonds. The normalized spacial score (nSPS) is 13.2. The molecule has 0 N–H and O–H groups in total. The van der Waals surface area contributed by atoms with Crippen molar-refractivity contribution < 1.29 is 56.1 Å². The molecule has 3 rings (SSSR count). The standard InChI is InChI=1S/C19H12F8N2O5S2/c1-9-7-10(3-5-13(9)34-36(32,33)19(25,26)27)16-15(21)17(18(22,23)24)28-29(16)11-4-6-14(12(20)8-11)35(2,30)31/h3-8H,1-2H3. The van der Waals surface area contributed by atoms with Gasteiger partial charge in [-0.2, -0.15) is 39.9 Å². The third-order valence-electron chi connectivity index (χ3n) is 4.59. The van der Waals surface area contributed by atoms with Crippen LogP contribution in [-0.2, 0) is 26.1 Å². The van der Waals surface area contributed by atoms with Gasteiger partial charge in [0.1, 0.15) is 22.2 Å². The zero-order chi connectivity index (χ0) is 27.4. The average molecular weight is 564 g/mol. The Morgan fingerprint density at radius 1 is 0.917 bits per heavy atom. The van der Waals surface area contributed by atoms with Crippen molar-refractivity contribution >= 4 is 20.0 Å². The second-order valence-electron chi connectivity index (χ2n) is 7.27. The largest absolute Gasteiger partial charge is 0.534 e. The smallest absolute Gasteiger partial charge is 0.376 e. The van der Waals surface area contributed by atoms with Gasteiger partial charge in [0.2, 0.25) is 5.69 Å². The van der Waals surface area contributed by atoms with Gasteiger partial charge in [-0.1, -0.05) is 0 Å². The first-order valence-electron chi connectivity index (χ1n) is 9.21. The Balaban J connectivity index is 2.22. The number of nitrogens with zero attached hydrogens (tertiary/aromatic N) is 2. The van der Waals surface area contributed by atoms with Crippen molar-refractivity contribution in [3.63, 3.8) is 0 Å². The van der Waals surface area contributed by atoms with Crippen LogP contribution in [0.3, 0.4) is 0 Å². The second-order valence-corrected chi connectivity index (χ2v) is 10.8. The number of alkyl halides is 6. The van der Waals surface area contributed by atoms with Gasteiger partial charge in [-0.3, -0.25) is 0 Å². The van der Waals surface area contributed by atoms with Crippen LogP contribution in [0.2, 0.25) is 0 Å². The van der Waals surface area contributed by atoms with Gasteiger partial charge >= 0.3 is 21.8 Å². The summed E-state index contributed by atoms with van der Waals surface area (Å²) in [7, 11) is -10.1. The van der Waals surface area contributed by atoms with E-state index in [1.54, 1.807) is 0 Å². The Morgan fingerprint density at radius 3 is 2.00 bits per heavy atom. The molecule has 196 valence electrons. The summed E-state index contributed by atoms with van der Waals surface area (Å²) in [6, 6.07) is 4.29. The molecule has 0 saturated heterocycles. The Labute approximate surface area is 198 Å². The molecule has 0 radical (unpaired) electrons. The molecule has 3 aromatic rings. The zero-order valence-corrected chi connectivity index (χ0v) is 19.4. The quantitative estimate of drug-likeness (QED) is 0.252. The lowest BCUT2D eigenvalue weighted by atomic mass is 10.1. The highest BCUT2D eigenvalue weighted by Gasteiger charge is 2.48. The predicted molar refractivity (Wildman–Crippen MR) is 107 cm³/mol. The van der Waals surface area contributed by atoms with E-state index in [1.807, 2.05) is 0 Å². The fourth-order valence-electron chi connectivity index (χ4n) is 2.99. The van der Waals surface area contributed by atoms with Crippen molar-refractivity contribution in [2.45, 2.75) is 23.5 Å². The van der Waals surface area contributed by atoms with Crippen molar-refractivity contribution in [1.29, 1.82) is 0 Å². The van der Waals surface area contributed by atoms with Crippen LogP contribution < -0.4 is 4.18 Å². The fourth-order valence-corrected chi connectivity index (χ4v) is 4.24. The molecule has 0 aliphatic rings. The summed E-state index contributed by atoms with van der Waals surface area (Å²) in [6.07, 6.45) is -4.65. The first-order chi connectivity index (χ1) is 16.2. The molecule has 0 saturated carbocycles. The lowest BCUT2D eigenvalue weighted by Gasteiger charge is -2.13. The number of hydrogen-bond acceptors (Lipinski definition) is 6. The number of sulfone groups is 1. The van der Waals surface area contributed by atoms with Crippen LogP contribution in [0.25, 0.3) is 16.9 Å². The average Bonchev–Trinajstić information content (AvgIpc) is 3.05. The van der Waals surface area contributed by atoms with E-state index in [0.717, 1.165) is 31.2 Å². The summed E-state index contributed by atoms with van der Waals surface area (Å²) < 4.78 is 157. The molecule has 0 unspecified atom stereocenters. The molecule has 1 heterocycles. The van der Waals surface area contributed by atoms with Crippen molar-refractivity contribution in [3.05, 3.63) is 59.3 Å². The van der Waals surface area contributed by atoms with E-state index in [4.69, 9.17) is 0 Å². The summed E-state index contributed by atoms with van der Waals surface area (Å²) in [5, 5.41) is 3.13. The highest BCUT2D eigenvalue weighted by Crippen LogP contribution is 2.38. The van der Waals surface area contributed by atoms with Gasteiger partial charge in [0, 0.05) is 17.9 Å². The van der Waals surface area contributed by atoms with Crippen molar-refractivity contribution in [2.75, 3.05) is 6.26 Å². The van der Waals surface area contributed by atoms with E-state index in [9.17, 15) is 52.0 Å². The Morgan fingerprint density at radius 2 is 1.53 bits per heavy atom. The minimum atomic E-state index is -6.08. The predicted octanol–water partition coefficient (Wildman–Crippen LogP) is 4.78. The third-order valence-corrected chi connectivity index (χ3v) is 6.68. The Kier molecular flexibility index (Phi) is 6.63.